The molecular formula is C20H21N3O4S. The Kier molecular flexibility index (Phi) is 4.68. The Morgan fingerprint density at radius 1 is 1.04 bits per heavy atom. The fourth-order valence-corrected chi connectivity index (χ4v) is 4.76. The third-order valence-corrected chi connectivity index (χ3v) is 6.71. The lowest BCUT2D eigenvalue weighted by Gasteiger charge is -2.26. The lowest BCUT2D eigenvalue weighted by Crippen LogP contribution is -2.39. The van der Waals surface area contributed by atoms with Gasteiger partial charge in [-0.15, -0.1) is 0 Å². The normalized spacial score (nSPS) is 16.1. The van der Waals surface area contributed by atoms with Crippen LogP contribution in [0, 0.1) is 0 Å². The summed E-state index contributed by atoms with van der Waals surface area (Å²) in [4.78, 5) is 27.6. The lowest BCUT2D eigenvalue weighted by molar-refractivity contribution is -0.119. The van der Waals surface area contributed by atoms with Crippen LogP contribution in [0.1, 0.15) is 17.5 Å². The van der Waals surface area contributed by atoms with E-state index in [0.29, 0.717) is 19.4 Å². The summed E-state index contributed by atoms with van der Waals surface area (Å²) in [5, 5.41) is 0. The number of aryl methyl sites for hydroxylation is 1. The predicted octanol–water partition coefficient (Wildman–Crippen LogP) is 1.46. The molecule has 146 valence electrons. The number of nitrogens with one attached hydrogen (secondary N) is 1. The number of carbonyl (C=O) groups excluding carboxylic acids is 2. The quantitative estimate of drug-likeness (QED) is 0.843. The van der Waals surface area contributed by atoms with Crippen LogP contribution < -0.4 is 14.5 Å². The second-order valence-electron chi connectivity index (χ2n) is 6.99. The number of amides is 2. The van der Waals surface area contributed by atoms with Gasteiger partial charge in [0.05, 0.1) is 11.4 Å². The number of carbonyl (C=O) groups is 2. The van der Waals surface area contributed by atoms with E-state index in [1.807, 2.05) is 24.3 Å². The Balaban J connectivity index is 1.48. The van der Waals surface area contributed by atoms with E-state index in [1.54, 1.807) is 24.1 Å². The van der Waals surface area contributed by atoms with E-state index in [2.05, 4.69) is 4.72 Å². The molecule has 7 nitrogen and oxygen atoms in total. The molecule has 0 unspecified atom stereocenters. The van der Waals surface area contributed by atoms with Gasteiger partial charge in [0, 0.05) is 31.4 Å². The third kappa shape index (κ3) is 3.29. The van der Waals surface area contributed by atoms with Crippen LogP contribution >= 0.6 is 0 Å². The fourth-order valence-electron chi connectivity index (χ4n) is 3.73. The van der Waals surface area contributed by atoms with E-state index in [9.17, 15) is 18.0 Å². The molecule has 2 aromatic rings. The highest BCUT2D eigenvalue weighted by Gasteiger charge is 2.27. The summed E-state index contributed by atoms with van der Waals surface area (Å²) in [6.45, 7) is 0.255. The molecule has 0 saturated carbocycles. The number of hydrogen-bond donors (Lipinski definition) is 1. The van der Waals surface area contributed by atoms with Crippen molar-refractivity contribution in [3.8, 4) is 0 Å². The first kappa shape index (κ1) is 18.6. The van der Waals surface area contributed by atoms with Crippen molar-refractivity contribution >= 4 is 33.2 Å². The number of anilines is 2. The zero-order chi connectivity index (χ0) is 19.9. The topological polar surface area (TPSA) is 86.8 Å². The Bertz CT molecular complexity index is 1060. The molecular weight excluding hydrogens is 378 g/mol. The molecule has 0 radical (unpaired) electrons. The molecule has 0 bridgehead atoms. The number of para-hydroxylation sites is 1. The molecule has 0 aliphatic carbocycles. The van der Waals surface area contributed by atoms with Crippen molar-refractivity contribution in [3.05, 3.63) is 53.6 Å². The lowest BCUT2D eigenvalue weighted by atomic mass is 10.0. The van der Waals surface area contributed by atoms with Crippen LogP contribution in [0.2, 0.25) is 0 Å². The minimum atomic E-state index is -3.83. The zero-order valence-electron chi connectivity index (χ0n) is 15.5. The van der Waals surface area contributed by atoms with Crippen molar-refractivity contribution < 1.29 is 18.0 Å². The number of hydrogen-bond acceptors (Lipinski definition) is 4. The van der Waals surface area contributed by atoms with Crippen molar-refractivity contribution in [2.75, 3.05) is 29.9 Å². The van der Waals surface area contributed by atoms with Crippen LogP contribution in [0.4, 0.5) is 11.4 Å². The van der Waals surface area contributed by atoms with Gasteiger partial charge in [0.1, 0.15) is 0 Å². The van der Waals surface area contributed by atoms with E-state index in [1.165, 1.54) is 11.0 Å². The molecule has 0 atom stereocenters. The average Bonchev–Trinajstić information content (AvgIpc) is 3.13. The zero-order valence-corrected chi connectivity index (χ0v) is 16.3. The molecule has 8 heteroatoms. The van der Waals surface area contributed by atoms with E-state index < -0.39 is 10.0 Å². The largest absolute Gasteiger partial charge is 0.315 e. The van der Waals surface area contributed by atoms with Crippen LogP contribution in [-0.2, 0) is 32.5 Å². The van der Waals surface area contributed by atoms with Crippen LogP contribution in [0.25, 0.3) is 0 Å². The molecule has 0 aromatic heterocycles. The van der Waals surface area contributed by atoms with E-state index in [-0.39, 0.29) is 23.3 Å². The molecule has 0 saturated heterocycles. The van der Waals surface area contributed by atoms with Crippen LogP contribution in [0.15, 0.2) is 47.4 Å². The Hall–Kier alpha value is -2.71. The van der Waals surface area contributed by atoms with Gasteiger partial charge in [-0.1, -0.05) is 18.2 Å². The summed E-state index contributed by atoms with van der Waals surface area (Å²) < 4.78 is 27.7. The first-order valence-corrected chi connectivity index (χ1v) is 10.6. The molecule has 0 fully saturated rings. The molecule has 2 heterocycles. The maximum atomic E-state index is 12.7. The number of nitrogens with zero attached hydrogens (tertiary/aromatic N) is 2. The summed E-state index contributed by atoms with van der Waals surface area (Å²) in [5.41, 5.74) is 3.46. The monoisotopic (exact) mass is 399 g/mol. The smallest absolute Gasteiger partial charge is 0.242 e. The molecule has 4 rings (SSSR count). The van der Waals surface area contributed by atoms with Gasteiger partial charge >= 0.3 is 0 Å². The number of fused-ring (bicyclic) bond motifs is 2. The summed E-state index contributed by atoms with van der Waals surface area (Å²) in [6, 6.07) is 12.3. The summed E-state index contributed by atoms with van der Waals surface area (Å²) in [7, 11) is -2.15. The van der Waals surface area contributed by atoms with Gasteiger partial charge in [-0.05, 0) is 48.2 Å². The summed E-state index contributed by atoms with van der Waals surface area (Å²) in [5.74, 6) is -0.269. The first-order valence-electron chi connectivity index (χ1n) is 9.14. The van der Waals surface area contributed by atoms with E-state index in [0.717, 1.165) is 28.9 Å². The van der Waals surface area contributed by atoms with Gasteiger partial charge in [-0.2, -0.15) is 0 Å². The van der Waals surface area contributed by atoms with Crippen molar-refractivity contribution in [1.29, 1.82) is 0 Å². The first-order chi connectivity index (χ1) is 13.4. The summed E-state index contributed by atoms with van der Waals surface area (Å²) >= 11 is 0. The van der Waals surface area contributed by atoms with Gasteiger partial charge in [-0.3, -0.25) is 9.59 Å². The third-order valence-electron chi connectivity index (χ3n) is 5.31. The van der Waals surface area contributed by atoms with Gasteiger partial charge in [0.15, 0.2) is 0 Å². The van der Waals surface area contributed by atoms with Gasteiger partial charge in [0.25, 0.3) is 0 Å². The molecule has 28 heavy (non-hydrogen) atoms. The highest BCUT2D eigenvalue weighted by atomic mass is 32.2. The van der Waals surface area contributed by atoms with E-state index in [4.69, 9.17) is 0 Å². The van der Waals surface area contributed by atoms with Crippen molar-refractivity contribution in [2.24, 2.45) is 0 Å². The van der Waals surface area contributed by atoms with Crippen molar-refractivity contribution in [1.82, 2.24) is 4.72 Å². The van der Waals surface area contributed by atoms with Crippen LogP contribution in [0.5, 0.6) is 0 Å². The SMILES string of the molecule is CN1C(=O)CCc2cc(S(=O)(=O)NCC(=O)N3CCc4ccccc43)ccc21. The second-order valence-corrected chi connectivity index (χ2v) is 8.76. The maximum absolute atomic E-state index is 12.7. The van der Waals surface area contributed by atoms with E-state index >= 15 is 0 Å². The highest BCUT2D eigenvalue weighted by Crippen LogP contribution is 2.29. The molecule has 2 aliphatic heterocycles. The fraction of sp³-hybridized carbons (Fsp3) is 0.300. The molecule has 0 spiro atoms. The summed E-state index contributed by atoms with van der Waals surface area (Å²) in [6.07, 6.45) is 1.63. The molecule has 2 amide bonds. The van der Waals surface area contributed by atoms with Gasteiger partial charge in [0.2, 0.25) is 21.8 Å². The highest BCUT2D eigenvalue weighted by molar-refractivity contribution is 7.89. The van der Waals surface area contributed by atoms with Crippen molar-refractivity contribution in [3.63, 3.8) is 0 Å². The molecule has 2 aromatic carbocycles. The number of rotatable bonds is 4. The van der Waals surface area contributed by atoms with Crippen LogP contribution in [0.3, 0.4) is 0 Å². The van der Waals surface area contributed by atoms with Crippen LogP contribution in [-0.4, -0.2) is 40.4 Å². The molecule has 2 aliphatic rings. The second kappa shape index (κ2) is 7.03. The minimum Gasteiger partial charge on any atom is -0.315 e. The predicted molar refractivity (Wildman–Crippen MR) is 106 cm³/mol. The van der Waals surface area contributed by atoms with Gasteiger partial charge < -0.3 is 9.80 Å². The van der Waals surface area contributed by atoms with Gasteiger partial charge in [-0.25, -0.2) is 13.1 Å². The Morgan fingerprint density at radius 2 is 1.82 bits per heavy atom. The Labute approximate surface area is 164 Å². The Morgan fingerprint density at radius 3 is 2.64 bits per heavy atom. The number of benzene rings is 2. The average molecular weight is 399 g/mol. The molecule has 1 N–H and O–H groups in total. The maximum Gasteiger partial charge on any atom is 0.242 e. The minimum absolute atomic E-state index is 0.0118. The van der Waals surface area contributed by atoms with Crippen molar-refractivity contribution in [2.45, 2.75) is 24.2 Å². The standard InChI is InChI=1S/C20H21N3O4S/c1-22-17-8-7-16(12-15(17)6-9-19(22)24)28(26,27)21-13-20(25)23-11-10-14-4-2-3-5-18(14)23/h2-5,7-8,12,21H,6,9-11,13H2,1H3. The number of sulfonamides is 1.